The lowest BCUT2D eigenvalue weighted by Crippen LogP contribution is -2.66. The van der Waals surface area contributed by atoms with Gasteiger partial charge in [-0.3, -0.25) is 4.79 Å². The average Bonchev–Trinajstić information content (AvgIpc) is 2.68. The molecule has 2 saturated heterocycles. The molecule has 19 heavy (non-hydrogen) atoms. The van der Waals surface area contributed by atoms with Crippen LogP contribution in [0, 0.1) is 5.41 Å². The van der Waals surface area contributed by atoms with Gasteiger partial charge in [0.1, 0.15) is 0 Å². The van der Waals surface area contributed by atoms with Crippen molar-refractivity contribution in [3.63, 3.8) is 0 Å². The van der Waals surface area contributed by atoms with E-state index in [1.165, 1.54) is 0 Å². The molecule has 5 nitrogen and oxygen atoms in total. The Labute approximate surface area is 110 Å². The van der Waals surface area contributed by atoms with Gasteiger partial charge in [0.05, 0.1) is 35.9 Å². The molecule has 1 spiro atoms. The normalized spacial score (nSPS) is 20.4. The molecule has 2 aromatic rings. The zero-order valence-corrected chi connectivity index (χ0v) is 10.8. The second-order valence-corrected chi connectivity index (χ2v) is 5.68. The number of aromatic nitrogens is 2. The topological polar surface area (TPSA) is 46.8 Å². The number of hydrogen-bond donors (Lipinski definition) is 0. The van der Waals surface area contributed by atoms with Crippen LogP contribution in [0.4, 0.5) is 5.69 Å². The molecule has 2 aliphatic heterocycles. The second-order valence-electron chi connectivity index (χ2n) is 5.68. The van der Waals surface area contributed by atoms with Gasteiger partial charge in [-0.25, -0.2) is 4.52 Å². The van der Waals surface area contributed by atoms with E-state index in [-0.39, 0.29) is 5.78 Å². The predicted molar refractivity (Wildman–Crippen MR) is 70.7 cm³/mol. The van der Waals surface area contributed by atoms with Gasteiger partial charge in [-0.1, -0.05) is 0 Å². The van der Waals surface area contributed by atoms with E-state index < -0.39 is 0 Å². The SMILES string of the molecule is CC(=O)c1cnn2ccc(N3CC4(COC4)C3)cc12. The maximum atomic E-state index is 11.6. The summed E-state index contributed by atoms with van der Waals surface area (Å²) in [6.07, 6.45) is 3.55. The molecule has 0 atom stereocenters. The van der Waals surface area contributed by atoms with Crippen molar-refractivity contribution in [3.05, 3.63) is 30.1 Å². The molecule has 2 aromatic heterocycles. The zero-order valence-electron chi connectivity index (χ0n) is 10.8. The Bertz CT molecular complexity index is 664. The van der Waals surface area contributed by atoms with Gasteiger partial charge < -0.3 is 9.64 Å². The molecule has 0 N–H and O–H groups in total. The van der Waals surface area contributed by atoms with Crippen LogP contribution in [0.3, 0.4) is 0 Å². The summed E-state index contributed by atoms with van der Waals surface area (Å²) < 4.78 is 7.04. The summed E-state index contributed by atoms with van der Waals surface area (Å²) in [5, 5.41) is 4.20. The van der Waals surface area contributed by atoms with Crippen molar-refractivity contribution >= 4 is 17.0 Å². The molecule has 0 aromatic carbocycles. The first-order chi connectivity index (χ1) is 9.17. The average molecular weight is 257 g/mol. The number of ketones is 1. The minimum atomic E-state index is 0.0552. The van der Waals surface area contributed by atoms with Crippen LogP contribution in [0.25, 0.3) is 5.52 Å². The monoisotopic (exact) mass is 257 g/mol. The summed E-state index contributed by atoms with van der Waals surface area (Å²) in [6, 6.07) is 4.10. The van der Waals surface area contributed by atoms with Crippen molar-refractivity contribution in [2.75, 3.05) is 31.2 Å². The zero-order chi connectivity index (χ0) is 13.0. The first kappa shape index (κ1) is 11.0. The Morgan fingerprint density at radius 3 is 2.84 bits per heavy atom. The Morgan fingerprint density at radius 2 is 2.21 bits per heavy atom. The van der Waals surface area contributed by atoms with Gasteiger partial charge in [-0.2, -0.15) is 5.10 Å². The summed E-state index contributed by atoms with van der Waals surface area (Å²) >= 11 is 0. The van der Waals surface area contributed by atoms with Crippen LogP contribution in [-0.4, -0.2) is 41.7 Å². The van der Waals surface area contributed by atoms with E-state index in [9.17, 15) is 4.79 Å². The molecule has 0 bridgehead atoms. The van der Waals surface area contributed by atoms with Crippen molar-refractivity contribution in [1.82, 2.24) is 9.61 Å². The molecule has 0 amide bonds. The van der Waals surface area contributed by atoms with Crippen molar-refractivity contribution < 1.29 is 9.53 Å². The Kier molecular flexibility index (Phi) is 2.07. The number of carbonyl (C=O) groups excluding carboxylic acids is 1. The van der Waals surface area contributed by atoms with E-state index in [0.717, 1.165) is 37.5 Å². The molecule has 0 radical (unpaired) electrons. The lowest BCUT2D eigenvalue weighted by molar-refractivity contribution is -0.127. The van der Waals surface area contributed by atoms with E-state index in [0.29, 0.717) is 11.0 Å². The second kappa shape index (κ2) is 3.57. The van der Waals surface area contributed by atoms with Gasteiger partial charge in [0, 0.05) is 25.0 Å². The van der Waals surface area contributed by atoms with Crippen LogP contribution in [0.2, 0.25) is 0 Å². The fourth-order valence-corrected chi connectivity index (χ4v) is 2.96. The largest absolute Gasteiger partial charge is 0.380 e. The highest BCUT2D eigenvalue weighted by Crippen LogP contribution is 2.40. The number of rotatable bonds is 2. The Morgan fingerprint density at radius 1 is 1.42 bits per heavy atom. The third-order valence-electron chi connectivity index (χ3n) is 4.12. The van der Waals surface area contributed by atoms with Gasteiger partial charge in [0.2, 0.25) is 0 Å². The van der Waals surface area contributed by atoms with E-state index in [1.807, 2.05) is 6.20 Å². The molecule has 2 fully saturated rings. The summed E-state index contributed by atoms with van der Waals surface area (Å²) in [6.45, 7) is 5.45. The molecule has 98 valence electrons. The minimum Gasteiger partial charge on any atom is -0.380 e. The highest BCUT2D eigenvalue weighted by Gasteiger charge is 2.49. The fourth-order valence-electron chi connectivity index (χ4n) is 2.96. The van der Waals surface area contributed by atoms with Crippen molar-refractivity contribution in [2.24, 2.45) is 5.41 Å². The standard InChI is InChI=1S/C14H15N3O2/c1-10(18)12-5-15-17-3-2-11(4-13(12)17)16-6-14(7-16)8-19-9-14/h2-5H,6-9H2,1H3. The molecule has 2 aliphatic rings. The third-order valence-corrected chi connectivity index (χ3v) is 4.12. The van der Waals surface area contributed by atoms with E-state index in [2.05, 4.69) is 22.1 Å². The number of ether oxygens (including phenoxy) is 1. The quantitative estimate of drug-likeness (QED) is 0.762. The molecular weight excluding hydrogens is 242 g/mol. The lowest BCUT2D eigenvalue weighted by atomic mass is 9.78. The number of pyridine rings is 1. The first-order valence-corrected chi connectivity index (χ1v) is 6.48. The minimum absolute atomic E-state index is 0.0552. The molecule has 4 heterocycles. The molecule has 5 heteroatoms. The maximum absolute atomic E-state index is 11.6. The number of anilines is 1. The number of Topliss-reactive ketones (excluding diaryl/α,β-unsaturated/α-hetero) is 1. The third kappa shape index (κ3) is 1.51. The smallest absolute Gasteiger partial charge is 0.163 e. The summed E-state index contributed by atoms with van der Waals surface area (Å²) in [5.74, 6) is 0.0552. The van der Waals surface area contributed by atoms with Gasteiger partial charge in [-0.05, 0) is 19.1 Å². The predicted octanol–water partition coefficient (Wildman–Crippen LogP) is 1.37. The molecule has 4 rings (SSSR count). The lowest BCUT2D eigenvalue weighted by Gasteiger charge is -2.56. The Hall–Kier alpha value is -1.88. The van der Waals surface area contributed by atoms with Gasteiger partial charge in [0.15, 0.2) is 5.78 Å². The summed E-state index contributed by atoms with van der Waals surface area (Å²) in [4.78, 5) is 13.9. The van der Waals surface area contributed by atoms with Crippen LogP contribution < -0.4 is 4.90 Å². The molecule has 0 saturated carbocycles. The van der Waals surface area contributed by atoms with Crippen LogP contribution >= 0.6 is 0 Å². The van der Waals surface area contributed by atoms with Gasteiger partial charge >= 0.3 is 0 Å². The van der Waals surface area contributed by atoms with Crippen molar-refractivity contribution in [2.45, 2.75) is 6.92 Å². The van der Waals surface area contributed by atoms with Crippen molar-refractivity contribution in [3.8, 4) is 0 Å². The first-order valence-electron chi connectivity index (χ1n) is 6.48. The molecule has 0 aliphatic carbocycles. The Balaban J connectivity index is 1.68. The number of nitrogens with zero attached hydrogens (tertiary/aromatic N) is 3. The van der Waals surface area contributed by atoms with E-state index in [4.69, 9.17) is 4.74 Å². The fraction of sp³-hybridized carbons (Fsp3) is 0.429. The van der Waals surface area contributed by atoms with Crippen LogP contribution in [-0.2, 0) is 4.74 Å². The van der Waals surface area contributed by atoms with E-state index in [1.54, 1.807) is 17.6 Å². The van der Waals surface area contributed by atoms with Crippen molar-refractivity contribution in [1.29, 1.82) is 0 Å². The van der Waals surface area contributed by atoms with Crippen LogP contribution in [0.15, 0.2) is 24.5 Å². The van der Waals surface area contributed by atoms with Gasteiger partial charge in [-0.15, -0.1) is 0 Å². The maximum Gasteiger partial charge on any atom is 0.163 e. The molecule has 0 unspecified atom stereocenters. The van der Waals surface area contributed by atoms with E-state index >= 15 is 0 Å². The molecular formula is C14H15N3O2. The summed E-state index contributed by atoms with van der Waals surface area (Å²) in [5.41, 5.74) is 3.13. The van der Waals surface area contributed by atoms with Crippen LogP contribution in [0.1, 0.15) is 17.3 Å². The highest BCUT2D eigenvalue weighted by molar-refractivity contribution is 6.00. The number of carbonyl (C=O) groups is 1. The van der Waals surface area contributed by atoms with Crippen LogP contribution in [0.5, 0.6) is 0 Å². The van der Waals surface area contributed by atoms with Gasteiger partial charge in [0.25, 0.3) is 0 Å². The summed E-state index contributed by atoms with van der Waals surface area (Å²) in [7, 11) is 0. The number of fused-ring (bicyclic) bond motifs is 1. The highest BCUT2D eigenvalue weighted by atomic mass is 16.5. The number of hydrogen-bond acceptors (Lipinski definition) is 4.